The summed E-state index contributed by atoms with van der Waals surface area (Å²) in [5, 5.41) is 0. The summed E-state index contributed by atoms with van der Waals surface area (Å²) in [7, 11) is 0. The summed E-state index contributed by atoms with van der Waals surface area (Å²) in [6.45, 7) is 5.11. The third-order valence-electron chi connectivity index (χ3n) is 7.51. The molecule has 4 heterocycles. The number of piperidine rings is 1. The predicted molar refractivity (Wildman–Crippen MR) is 122 cm³/mol. The van der Waals surface area contributed by atoms with Crippen molar-refractivity contribution in [1.29, 1.82) is 0 Å². The van der Waals surface area contributed by atoms with Crippen LogP contribution in [0.5, 0.6) is 0 Å². The number of aromatic nitrogens is 2. The Morgan fingerprint density at radius 1 is 1.00 bits per heavy atom. The summed E-state index contributed by atoms with van der Waals surface area (Å²) in [6, 6.07) is 8.54. The second-order valence-electron chi connectivity index (χ2n) is 9.45. The van der Waals surface area contributed by atoms with E-state index >= 15 is 0 Å². The zero-order valence-corrected chi connectivity index (χ0v) is 18.7. The Bertz CT molecular complexity index is 1040. The summed E-state index contributed by atoms with van der Waals surface area (Å²) in [5.41, 5.74) is 1.88. The highest BCUT2D eigenvalue weighted by atomic mass is 16.2. The largest absolute Gasteiger partial charge is 0.343 e. The number of nitrogens with zero attached hydrogens (tertiary/aromatic N) is 4. The highest BCUT2D eigenvalue weighted by Crippen LogP contribution is 2.28. The number of hydrogen-bond acceptors (Lipinski definition) is 4. The number of likely N-dealkylation sites (tertiary alicyclic amines) is 3. The van der Waals surface area contributed by atoms with E-state index in [2.05, 4.69) is 9.88 Å². The number of fused-ring (bicyclic) bond motifs is 1. The number of hydrogen-bond donors (Lipinski definition) is 1. The number of aromatic amines is 1. The van der Waals surface area contributed by atoms with Crippen LogP contribution in [-0.4, -0.2) is 81.4 Å². The molecule has 8 nitrogen and oxygen atoms in total. The van der Waals surface area contributed by atoms with Crippen LogP contribution in [0, 0.1) is 0 Å². The lowest BCUT2D eigenvalue weighted by Crippen LogP contribution is -2.44. The lowest BCUT2D eigenvalue weighted by molar-refractivity contribution is -0.132. The van der Waals surface area contributed by atoms with Crippen LogP contribution in [0.15, 0.2) is 29.1 Å². The van der Waals surface area contributed by atoms with Gasteiger partial charge in [0.1, 0.15) is 0 Å². The number of rotatable bonds is 6. The Hall–Kier alpha value is -2.61. The monoisotopic (exact) mass is 439 g/mol. The molecule has 1 atom stereocenters. The molecule has 1 aromatic heterocycles. The molecule has 2 amide bonds. The average Bonchev–Trinajstić information content (AvgIpc) is 3.52. The van der Waals surface area contributed by atoms with E-state index in [0.717, 1.165) is 75.9 Å². The molecule has 0 unspecified atom stereocenters. The molecule has 5 rings (SSSR count). The SMILES string of the molecule is O=C1CCCN1CCCC(=O)N1CC[C@H](N2CCC(n3c(=O)[nH]c4ccccc43)CC2)C1. The minimum absolute atomic E-state index is 0.0158. The Balaban J connectivity index is 1.10. The van der Waals surface area contributed by atoms with E-state index in [1.165, 1.54) is 0 Å². The quantitative estimate of drug-likeness (QED) is 0.746. The van der Waals surface area contributed by atoms with E-state index < -0.39 is 0 Å². The minimum atomic E-state index is -0.0158. The number of benzene rings is 1. The van der Waals surface area contributed by atoms with E-state index in [-0.39, 0.29) is 23.5 Å². The average molecular weight is 440 g/mol. The number of carbonyl (C=O) groups excluding carboxylic acids is 2. The molecule has 3 aliphatic heterocycles. The van der Waals surface area contributed by atoms with Gasteiger partial charge in [0.2, 0.25) is 11.8 Å². The van der Waals surface area contributed by atoms with Gasteiger partial charge in [-0.15, -0.1) is 0 Å². The molecule has 0 bridgehead atoms. The van der Waals surface area contributed by atoms with Gasteiger partial charge >= 0.3 is 5.69 Å². The predicted octanol–water partition coefficient (Wildman–Crippen LogP) is 1.97. The Morgan fingerprint density at radius 2 is 1.78 bits per heavy atom. The zero-order valence-electron chi connectivity index (χ0n) is 18.7. The van der Waals surface area contributed by atoms with Crippen molar-refractivity contribution in [1.82, 2.24) is 24.3 Å². The molecule has 0 radical (unpaired) electrons. The van der Waals surface area contributed by atoms with Gasteiger partial charge in [-0.05, 0) is 44.2 Å². The number of amides is 2. The summed E-state index contributed by atoms with van der Waals surface area (Å²) in [5.74, 6) is 0.455. The molecular weight excluding hydrogens is 406 g/mol. The molecule has 3 aliphatic rings. The van der Waals surface area contributed by atoms with Crippen LogP contribution in [0.25, 0.3) is 11.0 Å². The Morgan fingerprint density at radius 3 is 2.56 bits per heavy atom. The highest BCUT2D eigenvalue weighted by Gasteiger charge is 2.33. The molecule has 172 valence electrons. The van der Waals surface area contributed by atoms with E-state index in [4.69, 9.17) is 0 Å². The van der Waals surface area contributed by atoms with Crippen LogP contribution >= 0.6 is 0 Å². The first-order valence-electron chi connectivity index (χ1n) is 12.1. The van der Waals surface area contributed by atoms with E-state index in [1.54, 1.807) is 0 Å². The molecule has 3 fully saturated rings. The van der Waals surface area contributed by atoms with E-state index in [9.17, 15) is 14.4 Å². The zero-order chi connectivity index (χ0) is 22.1. The molecule has 8 heteroatoms. The Labute approximate surface area is 188 Å². The van der Waals surface area contributed by atoms with Gasteiger partial charge in [-0.2, -0.15) is 0 Å². The summed E-state index contributed by atoms with van der Waals surface area (Å²) < 4.78 is 1.93. The number of carbonyl (C=O) groups is 2. The van der Waals surface area contributed by atoms with Crippen molar-refractivity contribution in [2.75, 3.05) is 39.3 Å². The number of imidazole rings is 1. The van der Waals surface area contributed by atoms with Gasteiger partial charge in [0.05, 0.1) is 11.0 Å². The number of nitrogens with one attached hydrogen (secondary N) is 1. The lowest BCUT2D eigenvalue weighted by Gasteiger charge is -2.36. The second-order valence-corrected chi connectivity index (χ2v) is 9.45. The van der Waals surface area contributed by atoms with E-state index in [1.807, 2.05) is 38.6 Å². The van der Waals surface area contributed by atoms with Crippen molar-refractivity contribution < 1.29 is 9.59 Å². The fourth-order valence-electron chi connectivity index (χ4n) is 5.73. The van der Waals surface area contributed by atoms with Crippen molar-refractivity contribution in [2.24, 2.45) is 0 Å². The fourth-order valence-corrected chi connectivity index (χ4v) is 5.73. The van der Waals surface area contributed by atoms with Crippen LogP contribution < -0.4 is 5.69 Å². The van der Waals surface area contributed by atoms with Crippen LogP contribution in [0.4, 0.5) is 0 Å². The van der Waals surface area contributed by atoms with Gasteiger partial charge in [-0.1, -0.05) is 12.1 Å². The van der Waals surface area contributed by atoms with Crippen LogP contribution in [-0.2, 0) is 9.59 Å². The molecule has 3 saturated heterocycles. The molecule has 2 aromatic rings. The normalized spacial score (nSPS) is 23.0. The van der Waals surface area contributed by atoms with Crippen molar-refractivity contribution in [3.05, 3.63) is 34.7 Å². The van der Waals surface area contributed by atoms with Crippen molar-refractivity contribution in [2.45, 2.75) is 57.0 Å². The number of para-hydroxylation sites is 2. The molecule has 1 N–H and O–H groups in total. The first kappa shape index (κ1) is 21.2. The summed E-state index contributed by atoms with van der Waals surface area (Å²) in [6.07, 6.45) is 5.83. The van der Waals surface area contributed by atoms with Gasteiger partial charge in [0, 0.05) is 64.2 Å². The third kappa shape index (κ3) is 4.20. The molecule has 0 saturated carbocycles. The maximum absolute atomic E-state index is 12.7. The van der Waals surface area contributed by atoms with Crippen molar-refractivity contribution in [3.8, 4) is 0 Å². The molecule has 32 heavy (non-hydrogen) atoms. The molecule has 0 spiro atoms. The van der Waals surface area contributed by atoms with E-state index in [0.29, 0.717) is 25.4 Å². The lowest BCUT2D eigenvalue weighted by atomic mass is 10.0. The molecule has 1 aromatic carbocycles. The van der Waals surface area contributed by atoms with Gasteiger partial charge in [0.15, 0.2) is 0 Å². The highest BCUT2D eigenvalue weighted by molar-refractivity contribution is 5.78. The Kier molecular flexibility index (Phi) is 6.04. The molecular formula is C24H33N5O3. The standard InChI is InChI=1S/C24H33N5O3/c30-22-7-3-12-27(22)13-4-8-23(31)28-16-11-19(17-28)26-14-9-18(10-15-26)29-21-6-2-1-5-20(21)25-24(29)32/h1-2,5-6,18-19H,3-4,7-17H2,(H,25,32)/t19-/m0/s1. The minimum Gasteiger partial charge on any atom is -0.343 e. The van der Waals surface area contributed by atoms with Gasteiger partial charge in [0.25, 0.3) is 0 Å². The van der Waals surface area contributed by atoms with Crippen molar-refractivity contribution >= 4 is 22.8 Å². The summed E-state index contributed by atoms with van der Waals surface area (Å²) in [4.78, 5) is 46.3. The second kappa shape index (κ2) is 9.10. The molecule has 0 aliphatic carbocycles. The smallest absolute Gasteiger partial charge is 0.326 e. The van der Waals surface area contributed by atoms with Crippen LogP contribution in [0.1, 0.15) is 51.0 Å². The first-order valence-corrected chi connectivity index (χ1v) is 12.1. The summed E-state index contributed by atoms with van der Waals surface area (Å²) >= 11 is 0. The van der Waals surface area contributed by atoms with Gasteiger partial charge in [-0.3, -0.25) is 19.1 Å². The van der Waals surface area contributed by atoms with Crippen LogP contribution in [0.2, 0.25) is 0 Å². The maximum Gasteiger partial charge on any atom is 0.326 e. The van der Waals surface area contributed by atoms with Crippen LogP contribution in [0.3, 0.4) is 0 Å². The first-order chi connectivity index (χ1) is 15.6. The topological polar surface area (TPSA) is 81.7 Å². The van der Waals surface area contributed by atoms with Gasteiger partial charge < -0.3 is 14.8 Å². The maximum atomic E-state index is 12.7. The van der Waals surface area contributed by atoms with Gasteiger partial charge in [-0.25, -0.2) is 4.79 Å². The fraction of sp³-hybridized carbons (Fsp3) is 0.625. The van der Waals surface area contributed by atoms with Crippen molar-refractivity contribution in [3.63, 3.8) is 0 Å². The number of H-pyrrole nitrogens is 1. The third-order valence-corrected chi connectivity index (χ3v) is 7.51.